The van der Waals surface area contributed by atoms with Crippen molar-refractivity contribution in [3.63, 3.8) is 0 Å². The molecular formula is C11H16ClNO3. The first-order valence-corrected chi connectivity index (χ1v) is 5.29. The highest BCUT2D eigenvalue weighted by Gasteiger charge is 2.21. The van der Waals surface area contributed by atoms with Crippen LogP contribution in [-0.4, -0.2) is 30.9 Å². The van der Waals surface area contributed by atoms with Gasteiger partial charge in [0, 0.05) is 12.1 Å². The van der Waals surface area contributed by atoms with Crippen molar-refractivity contribution in [2.24, 2.45) is 0 Å². The molecule has 1 aromatic carbocycles. The molecule has 90 valence electrons. The average Bonchev–Trinajstić information content (AvgIpc) is 2.24. The highest BCUT2D eigenvalue weighted by Crippen LogP contribution is 2.40. The minimum Gasteiger partial charge on any atom is -0.504 e. The second kappa shape index (κ2) is 5.39. The number of ether oxygens (including phenoxy) is 1. The van der Waals surface area contributed by atoms with E-state index < -0.39 is 6.10 Å². The molecule has 0 saturated carbocycles. The molecule has 0 aliphatic carbocycles. The minimum absolute atomic E-state index is 0.110. The maximum atomic E-state index is 9.89. The summed E-state index contributed by atoms with van der Waals surface area (Å²) in [6.45, 7) is 2.10. The molecule has 0 saturated heterocycles. The van der Waals surface area contributed by atoms with E-state index in [9.17, 15) is 10.2 Å². The Labute approximate surface area is 99.8 Å². The van der Waals surface area contributed by atoms with Gasteiger partial charge >= 0.3 is 0 Å². The maximum absolute atomic E-state index is 9.89. The first-order chi connectivity index (χ1) is 7.52. The van der Waals surface area contributed by atoms with E-state index in [4.69, 9.17) is 16.3 Å². The number of rotatable bonds is 4. The lowest BCUT2D eigenvalue weighted by Gasteiger charge is -2.17. The largest absolute Gasteiger partial charge is 0.504 e. The molecule has 0 aliphatic heterocycles. The van der Waals surface area contributed by atoms with Crippen LogP contribution >= 0.6 is 11.6 Å². The fraction of sp³-hybridized carbons (Fsp3) is 0.455. The summed E-state index contributed by atoms with van der Waals surface area (Å²) in [5.74, 6) is 0.202. The molecule has 4 nitrogen and oxygen atoms in total. The van der Waals surface area contributed by atoms with Crippen LogP contribution < -0.4 is 10.1 Å². The molecule has 5 heteroatoms. The van der Waals surface area contributed by atoms with Crippen LogP contribution in [0.3, 0.4) is 0 Å². The lowest BCUT2D eigenvalue weighted by Crippen LogP contribution is -2.17. The third-order valence-electron chi connectivity index (χ3n) is 2.37. The number of aryl methyl sites for hydroxylation is 1. The first kappa shape index (κ1) is 13.1. The molecule has 0 fully saturated rings. The second-order valence-electron chi connectivity index (χ2n) is 3.55. The molecule has 0 bridgehead atoms. The molecule has 0 radical (unpaired) electrons. The first-order valence-electron chi connectivity index (χ1n) is 4.91. The molecule has 1 unspecified atom stereocenters. The Kier molecular flexibility index (Phi) is 4.41. The van der Waals surface area contributed by atoms with Crippen LogP contribution in [0.4, 0.5) is 0 Å². The molecule has 0 heterocycles. The van der Waals surface area contributed by atoms with Crippen molar-refractivity contribution >= 4 is 11.6 Å². The summed E-state index contributed by atoms with van der Waals surface area (Å²) in [6, 6.07) is 1.63. The summed E-state index contributed by atoms with van der Waals surface area (Å²) in [5, 5.41) is 22.9. The summed E-state index contributed by atoms with van der Waals surface area (Å²) in [4.78, 5) is 0. The Bertz CT molecular complexity index is 382. The van der Waals surface area contributed by atoms with Crippen molar-refractivity contribution in [2.45, 2.75) is 13.0 Å². The molecule has 0 aliphatic rings. The van der Waals surface area contributed by atoms with E-state index in [1.807, 2.05) is 0 Å². The van der Waals surface area contributed by atoms with Gasteiger partial charge in [-0.05, 0) is 25.6 Å². The van der Waals surface area contributed by atoms with Gasteiger partial charge in [-0.25, -0.2) is 0 Å². The van der Waals surface area contributed by atoms with Crippen LogP contribution in [0.2, 0.25) is 5.02 Å². The van der Waals surface area contributed by atoms with Gasteiger partial charge in [0.2, 0.25) is 0 Å². The van der Waals surface area contributed by atoms with Gasteiger partial charge in [-0.2, -0.15) is 0 Å². The number of halogens is 1. The zero-order valence-corrected chi connectivity index (χ0v) is 10.3. The summed E-state index contributed by atoms with van der Waals surface area (Å²) in [6.07, 6.45) is -0.869. The maximum Gasteiger partial charge on any atom is 0.165 e. The van der Waals surface area contributed by atoms with Crippen LogP contribution in [0.25, 0.3) is 0 Å². The number of benzene rings is 1. The summed E-state index contributed by atoms with van der Waals surface area (Å²) in [5.41, 5.74) is 1.05. The number of hydrogen-bond acceptors (Lipinski definition) is 4. The predicted molar refractivity (Wildman–Crippen MR) is 63.3 cm³/mol. The van der Waals surface area contributed by atoms with Crippen LogP contribution in [0.15, 0.2) is 6.07 Å². The molecule has 0 amide bonds. The monoisotopic (exact) mass is 245 g/mol. The van der Waals surface area contributed by atoms with Gasteiger partial charge < -0.3 is 20.3 Å². The third-order valence-corrected chi connectivity index (χ3v) is 2.87. The van der Waals surface area contributed by atoms with Gasteiger partial charge in [0.15, 0.2) is 11.5 Å². The quantitative estimate of drug-likeness (QED) is 0.754. The molecule has 1 rings (SSSR count). The van der Waals surface area contributed by atoms with Crippen molar-refractivity contribution in [3.05, 3.63) is 22.2 Å². The fourth-order valence-electron chi connectivity index (χ4n) is 1.53. The summed E-state index contributed by atoms with van der Waals surface area (Å²) < 4.78 is 5.01. The average molecular weight is 246 g/mol. The Balaban J connectivity index is 3.29. The highest BCUT2D eigenvalue weighted by atomic mass is 35.5. The van der Waals surface area contributed by atoms with Gasteiger partial charge in [-0.3, -0.25) is 0 Å². The Morgan fingerprint density at radius 2 is 2.19 bits per heavy atom. The topological polar surface area (TPSA) is 61.7 Å². The van der Waals surface area contributed by atoms with E-state index in [2.05, 4.69) is 5.32 Å². The lowest BCUT2D eigenvalue weighted by atomic mass is 10.0. The second-order valence-corrected chi connectivity index (χ2v) is 3.92. The standard InChI is InChI=1S/C11H16ClNO3/c1-6-4-8(16-3)11(15)9(10(6)12)7(14)5-13-2/h4,7,13-15H,5H2,1-3H3. The van der Waals surface area contributed by atoms with Gasteiger partial charge in [0.1, 0.15) is 0 Å². The van der Waals surface area contributed by atoms with Crippen molar-refractivity contribution in [1.29, 1.82) is 0 Å². The number of aliphatic hydroxyl groups is 1. The zero-order valence-electron chi connectivity index (χ0n) is 9.54. The number of likely N-dealkylation sites (N-methyl/N-ethyl adjacent to an activating group) is 1. The number of phenolic OH excluding ortho intramolecular Hbond substituents is 1. The van der Waals surface area contributed by atoms with Crippen molar-refractivity contribution < 1.29 is 14.9 Å². The normalized spacial score (nSPS) is 12.6. The van der Waals surface area contributed by atoms with Crippen molar-refractivity contribution in [2.75, 3.05) is 20.7 Å². The van der Waals surface area contributed by atoms with Gasteiger partial charge in [0.25, 0.3) is 0 Å². The van der Waals surface area contributed by atoms with Crippen LogP contribution in [0, 0.1) is 6.92 Å². The number of aliphatic hydroxyl groups excluding tert-OH is 1. The predicted octanol–water partition coefficient (Wildman–Crippen LogP) is 1.62. The van der Waals surface area contributed by atoms with E-state index in [0.717, 1.165) is 5.56 Å². The van der Waals surface area contributed by atoms with E-state index in [1.54, 1.807) is 20.0 Å². The molecule has 1 atom stereocenters. The molecule has 3 N–H and O–H groups in total. The van der Waals surface area contributed by atoms with Crippen LogP contribution in [0.5, 0.6) is 11.5 Å². The Morgan fingerprint density at radius 3 is 2.69 bits per heavy atom. The summed E-state index contributed by atoms with van der Waals surface area (Å²) >= 11 is 6.05. The minimum atomic E-state index is -0.869. The molecule has 0 aromatic heterocycles. The molecular weight excluding hydrogens is 230 g/mol. The molecule has 1 aromatic rings. The van der Waals surface area contributed by atoms with Crippen molar-refractivity contribution in [1.82, 2.24) is 5.32 Å². The van der Waals surface area contributed by atoms with Gasteiger partial charge in [-0.1, -0.05) is 11.6 Å². The molecule has 0 spiro atoms. The number of hydrogen-bond donors (Lipinski definition) is 3. The van der Waals surface area contributed by atoms with Gasteiger partial charge in [-0.15, -0.1) is 0 Å². The number of nitrogens with one attached hydrogen (secondary N) is 1. The van der Waals surface area contributed by atoms with E-state index >= 15 is 0 Å². The Hall–Kier alpha value is -0.970. The van der Waals surface area contributed by atoms with Crippen LogP contribution in [-0.2, 0) is 0 Å². The highest BCUT2D eigenvalue weighted by molar-refractivity contribution is 6.32. The number of aromatic hydroxyl groups is 1. The third kappa shape index (κ3) is 2.40. The smallest absolute Gasteiger partial charge is 0.165 e. The fourth-order valence-corrected chi connectivity index (χ4v) is 1.80. The Morgan fingerprint density at radius 1 is 1.56 bits per heavy atom. The lowest BCUT2D eigenvalue weighted by molar-refractivity contribution is 0.173. The number of methoxy groups -OCH3 is 1. The number of phenols is 1. The van der Waals surface area contributed by atoms with E-state index in [1.165, 1.54) is 7.11 Å². The SMILES string of the molecule is CNCC(O)c1c(O)c(OC)cc(C)c1Cl. The van der Waals surface area contributed by atoms with Gasteiger partial charge in [0.05, 0.1) is 18.2 Å². The zero-order chi connectivity index (χ0) is 12.3. The molecule has 16 heavy (non-hydrogen) atoms. The van der Waals surface area contributed by atoms with E-state index in [0.29, 0.717) is 22.9 Å². The summed E-state index contributed by atoms with van der Waals surface area (Å²) in [7, 11) is 3.16. The van der Waals surface area contributed by atoms with Crippen molar-refractivity contribution in [3.8, 4) is 11.5 Å². The van der Waals surface area contributed by atoms with E-state index in [-0.39, 0.29) is 5.75 Å². The van der Waals surface area contributed by atoms with Crippen LogP contribution in [0.1, 0.15) is 17.2 Å².